The Morgan fingerprint density at radius 3 is 2.34 bits per heavy atom. The maximum absolute atomic E-state index is 14.1. The fourth-order valence-electron chi connectivity index (χ4n) is 5.30. The van der Waals surface area contributed by atoms with Crippen LogP contribution >= 0.6 is 11.3 Å². The number of nitrogens with zero attached hydrogens (tertiary/aromatic N) is 3. The van der Waals surface area contributed by atoms with Crippen LogP contribution in [0.1, 0.15) is 76.9 Å². The summed E-state index contributed by atoms with van der Waals surface area (Å²) >= 11 is 1.24. The summed E-state index contributed by atoms with van der Waals surface area (Å²) in [7, 11) is 0. The van der Waals surface area contributed by atoms with Gasteiger partial charge in [0, 0.05) is 24.3 Å². The van der Waals surface area contributed by atoms with E-state index in [1.807, 2.05) is 18.2 Å². The van der Waals surface area contributed by atoms with Gasteiger partial charge in [-0.25, -0.2) is 4.68 Å². The van der Waals surface area contributed by atoms with Crippen LogP contribution in [0.4, 0.5) is 0 Å². The fraction of sp³-hybridized carbons (Fsp3) is 0.486. The van der Waals surface area contributed by atoms with Gasteiger partial charge in [-0.3, -0.25) is 19.2 Å². The molecule has 5 rings (SSSR count). The van der Waals surface area contributed by atoms with Gasteiger partial charge in [0.1, 0.15) is 29.1 Å². The van der Waals surface area contributed by atoms with E-state index in [0.717, 1.165) is 34.2 Å². The number of aromatic nitrogens is 3. The minimum Gasteiger partial charge on any atom is -0.491 e. The normalized spacial score (nSPS) is 15.6. The van der Waals surface area contributed by atoms with Crippen LogP contribution < -0.4 is 10.3 Å². The molecule has 47 heavy (non-hydrogen) atoms. The Morgan fingerprint density at radius 1 is 0.979 bits per heavy atom. The Balaban J connectivity index is 1.48. The summed E-state index contributed by atoms with van der Waals surface area (Å²) in [6.45, 7) is 11.1. The molecule has 0 amide bonds. The lowest BCUT2D eigenvalue weighted by atomic mass is 9.78. The SMILES string of the molecule is CC(C)(C)OC(=O)C(CCn1nnc2ccccc2c1=O)(CC(=O)c1cc2ccc(OCC3CCCO3)cc2s1)C(=O)OC(C)(C)C. The third-order valence-corrected chi connectivity index (χ3v) is 8.79. The lowest BCUT2D eigenvalue weighted by molar-refractivity contribution is -0.186. The van der Waals surface area contributed by atoms with Crippen molar-refractivity contribution in [3.05, 3.63) is 63.8 Å². The number of ketones is 1. The molecule has 1 atom stereocenters. The van der Waals surface area contributed by atoms with Crippen molar-refractivity contribution in [3.8, 4) is 5.75 Å². The van der Waals surface area contributed by atoms with Crippen molar-refractivity contribution < 1.29 is 33.3 Å². The molecule has 3 heterocycles. The molecular formula is C35H41N3O8S. The van der Waals surface area contributed by atoms with Crippen molar-refractivity contribution in [1.82, 2.24) is 15.0 Å². The summed E-state index contributed by atoms with van der Waals surface area (Å²) in [6, 6.07) is 14.1. The van der Waals surface area contributed by atoms with Crippen molar-refractivity contribution in [2.75, 3.05) is 13.2 Å². The van der Waals surface area contributed by atoms with Gasteiger partial charge in [0.25, 0.3) is 5.56 Å². The molecule has 1 aliphatic heterocycles. The predicted octanol–water partition coefficient (Wildman–Crippen LogP) is 5.90. The van der Waals surface area contributed by atoms with E-state index in [2.05, 4.69) is 10.3 Å². The first-order chi connectivity index (χ1) is 22.1. The van der Waals surface area contributed by atoms with Crippen LogP contribution in [0, 0.1) is 5.41 Å². The van der Waals surface area contributed by atoms with Crippen molar-refractivity contribution in [2.45, 2.75) is 91.1 Å². The number of ether oxygens (including phenoxy) is 4. The molecule has 1 fully saturated rings. The van der Waals surface area contributed by atoms with Crippen LogP contribution in [0.3, 0.4) is 0 Å². The molecule has 0 bridgehead atoms. The summed E-state index contributed by atoms with van der Waals surface area (Å²) in [4.78, 5) is 55.8. The second-order valence-corrected chi connectivity index (χ2v) is 14.9. The molecule has 2 aromatic heterocycles. The van der Waals surface area contributed by atoms with Crippen LogP contribution in [0.15, 0.2) is 53.3 Å². The molecule has 0 spiro atoms. The molecule has 0 aliphatic carbocycles. The number of thiophene rings is 1. The van der Waals surface area contributed by atoms with Crippen LogP contribution in [-0.4, -0.2) is 63.2 Å². The Bertz CT molecular complexity index is 1820. The lowest BCUT2D eigenvalue weighted by Gasteiger charge is -2.34. The van der Waals surface area contributed by atoms with E-state index in [0.29, 0.717) is 28.1 Å². The number of rotatable bonds is 11. The Morgan fingerprint density at radius 2 is 1.68 bits per heavy atom. The van der Waals surface area contributed by atoms with Crippen LogP contribution in [0.5, 0.6) is 5.75 Å². The van der Waals surface area contributed by atoms with Gasteiger partial charge in [-0.1, -0.05) is 17.3 Å². The first-order valence-corrected chi connectivity index (χ1v) is 16.6. The molecule has 4 aromatic rings. The van der Waals surface area contributed by atoms with E-state index in [1.54, 1.807) is 71.9 Å². The standard InChI is InChI=1S/C35H41N3O8S/c1-33(2,3)45-31(41)35(32(42)46-34(4,5)6,15-16-38-30(40)25-11-7-8-12-26(25)36-37-38)20-27(39)29-18-22-13-14-23(19-28(22)47-29)44-21-24-10-9-17-43-24/h7-8,11-14,18-19,24H,9-10,15-17,20-21H2,1-6H3. The minimum atomic E-state index is -2.09. The minimum absolute atomic E-state index is 0.0662. The number of carbonyl (C=O) groups is 3. The number of carbonyl (C=O) groups excluding carboxylic acids is 3. The maximum Gasteiger partial charge on any atom is 0.324 e. The van der Waals surface area contributed by atoms with E-state index >= 15 is 0 Å². The zero-order valence-corrected chi connectivity index (χ0v) is 28.5. The molecule has 0 saturated carbocycles. The second kappa shape index (κ2) is 13.5. The highest BCUT2D eigenvalue weighted by Crippen LogP contribution is 2.38. The highest BCUT2D eigenvalue weighted by atomic mass is 32.1. The average Bonchev–Trinajstić information content (AvgIpc) is 3.67. The number of benzene rings is 2. The van der Waals surface area contributed by atoms with Crippen LogP contribution in [0.25, 0.3) is 21.0 Å². The number of hydrogen-bond acceptors (Lipinski definition) is 11. The molecule has 0 N–H and O–H groups in total. The fourth-order valence-corrected chi connectivity index (χ4v) is 6.33. The summed E-state index contributed by atoms with van der Waals surface area (Å²) in [6.07, 6.45) is 1.21. The maximum atomic E-state index is 14.1. The van der Waals surface area contributed by atoms with Crippen molar-refractivity contribution in [3.63, 3.8) is 0 Å². The summed E-state index contributed by atoms with van der Waals surface area (Å²) < 4.78 is 25.0. The highest BCUT2D eigenvalue weighted by molar-refractivity contribution is 7.20. The number of esters is 2. The lowest BCUT2D eigenvalue weighted by Crippen LogP contribution is -2.49. The van der Waals surface area contributed by atoms with Gasteiger partial charge < -0.3 is 18.9 Å². The van der Waals surface area contributed by atoms with Crippen molar-refractivity contribution in [1.29, 1.82) is 0 Å². The Hall–Kier alpha value is -4.16. The number of Topliss-reactive ketones (excluding diaryl/α,β-unsaturated/α-hetero) is 1. The van der Waals surface area contributed by atoms with E-state index in [4.69, 9.17) is 18.9 Å². The van der Waals surface area contributed by atoms with Crippen molar-refractivity contribution >= 4 is 50.0 Å². The van der Waals surface area contributed by atoms with Gasteiger partial charge in [0.15, 0.2) is 11.2 Å². The van der Waals surface area contributed by atoms with Gasteiger partial charge >= 0.3 is 11.9 Å². The van der Waals surface area contributed by atoms with Crippen LogP contribution in [0.2, 0.25) is 0 Å². The first-order valence-electron chi connectivity index (χ1n) is 15.7. The average molecular weight is 664 g/mol. The van der Waals surface area contributed by atoms with Gasteiger partial charge in [-0.05, 0) is 103 Å². The summed E-state index contributed by atoms with van der Waals surface area (Å²) in [5, 5.41) is 9.32. The summed E-state index contributed by atoms with van der Waals surface area (Å²) in [5.41, 5.74) is -4.07. The molecular weight excluding hydrogens is 622 g/mol. The third-order valence-electron chi connectivity index (χ3n) is 7.65. The third kappa shape index (κ3) is 8.23. The molecule has 0 radical (unpaired) electrons. The number of aryl methyl sites for hydroxylation is 1. The zero-order chi connectivity index (χ0) is 34.0. The van der Waals surface area contributed by atoms with Crippen LogP contribution in [-0.2, 0) is 30.3 Å². The quantitative estimate of drug-likeness (QED) is 0.108. The molecule has 11 nitrogen and oxygen atoms in total. The molecule has 1 unspecified atom stereocenters. The topological polar surface area (TPSA) is 136 Å². The monoisotopic (exact) mass is 663 g/mol. The molecule has 250 valence electrons. The molecule has 2 aromatic carbocycles. The molecule has 1 aliphatic rings. The van der Waals surface area contributed by atoms with E-state index in [1.165, 1.54) is 11.3 Å². The van der Waals surface area contributed by atoms with Crippen molar-refractivity contribution in [2.24, 2.45) is 5.41 Å². The number of hydrogen-bond donors (Lipinski definition) is 0. The van der Waals surface area contributed by atoms with E-state index in [9.17, 15) is 19.2 Å². The Labute approximate surface area is 277 Å². The Kier molecular flexibility index (Phi) is 9.83. The summed E-state index contributed by atoms with van der Waals surface area (Å²) in [5.74, 6) is -1.62. The van der Waals surface area contributed by atoms with Gasteiger partial charge in [0.2, 0.25) is 0 Å². The first kappa shape index (κ1) is 34.2. The highest BCUT2D eigenvalue weighted by Gasteiger charge is 2.52. The van der Waals surface area contributed by atoms with E-state index < -0.39 is 46.3 Å². The predicted molar refractivity (Wildman–Crippen MR) is 178 cm³/mol. The molecule has 12 heteroatoms. The van der Waals surface area contributed by atoms with Gasteiger partial charge in [-0.15, -0.1) is 16.4 Å². The van der Waals surface area contributed by atoms with Gasteiger partial charge in [-0.2, -0.15) is 0 Å². The van der Waals surface area contributed by atoms with E-state index in [-0.39, 0.29) is 19.1 Å². The largest absolute Gasteiger partial charge is 0.491 e. The van der Waals surface area contributed by atoms with Gasteiger partial charge in [0.05, 0.1) is 16.4 Å². The smallest absolute Gasteiger partial charge is 0.324 e. The number of fused-ring (bicyclic) bond motifs is 2. The molecule has 1 saturated heterocycles. The second-order valence-electron chi connectivity index (χ2n) is 13.8. The zero-order valence-electron chi connectivity index (χ0n) is 27.7.